The van der Waals surface area contributed by atoms with Crippen LogP contribution in [-0.4, -0.2) is 50.3 Å². The van der Waals surface area contributed by atoms with Crippen LogP contribution in [0.4, 0.5) is 10.2 Å². The Balaban J connectivity index is 1.74. The minimum Gasteiger partial charge on any atom is -0.452 e. The lowest BCUT2D eigenvalue weighted by molar-refractivity contribution is 0.109. The predicted octanol–water partition coefficient (Wildman–Crippen LogP) is 2.56. The largest absolute Gasteiger partial charge is 0.452 e. The number of hydrogen-bond donors (Lipinski definition) is 1. The lowest BCUT2D eigenvalue weighted by Crippen LogP contribution is -2.43. The van der Waals surface area contributed by atoms with Crippen LogP contribution < -0.4 is 15.4 Å². The van der Waals surface area contributed by atoms with Crippen molar-refractivity contribution >= 4 is 27.6 Å². The Labute approximate surface area is 169 Å². The molecule has 1 spiro atoms. The highest BCUT2D eigenvalue weighted by Gasteiger charge is 2.46. The van der Waals surface area contributed by atoms with Gasteiger partial charge in [0.1, 0.15) is 29.5 Å². The normalized spacial score (nSPS) is 23.6. The van der Waals surface area contributed by atoms with Crippen LogP contribution in [0.2, 0.25) is 0 Å². The Kier molecular flexibility index (Phi) is 4.26. The zero-order chi connectivity index (χ0) is 19.3. The summed E-state index contributed by atoms with van der Waals surface area (Å²) < 4.78 is 33.0. The lowest BCUT2D eigenvalue weighted by Gasteiger charge is -2.40. The van der Waals surface area contributed by atoms with Gasteiger partial charge in [-0.3, -0.25) is 4.99 Å². The fraction of sp³-hybridized carbons (Fsp3) is 0.368. The summed E-state index contributed by atoms with van der Waals surface area (Å²) in [5, 5.41) is 0. The molecule has 2 aromatic rings. The fourth-order valence-electron chi connectivity index (χ4n) is 3.91. The summed E-state index contributed by atoms with van der Waals surface area (Å²) >= 11 is 3.50. The van der Waals surface area contributed by atoms with Gasteiger partial charge >= 0.3 is 0 Å². The van der Waals surface area contributed by atoms with E-state index in [1.54, 1.807) is 6.07 Å². The van der Waals surface area contributed by atoms with Crippen LogP contribution in [0, 0.1) is 5.95 Å². The third kappa shape index (κ3) is 2.76. The summed E-state index contributed by atoms with van der Waals surface area (Å²) in [6, 6.07) is 7.36. The van der Waals surface area contributed by atoms with Crippen molar-refractivity contribution in [2.24, 2.45) is 10.7 Å². The maximum atomic E-state index is 15.1. The smallest absolute Gasteiger partial charge is 0.258 e. The molecule has 4 heterocycles. The van der Waals surface area contributed by atoms with E-state index in [1.165, 1.54) is 0 Å². The third-order valence-corrected chi connectivity index (χ3v) is 5.69. The zero-order valence-corrected chi connectivity index (χ0v) is 16.5. The van der Waals surface area contributed by atoms with Crippen molar-refractivity contribution in [3.05, 3.63) is 45.8 Å². The molecule has 1 saturated heterocycles. The number of halogens is 2. The van der Waals surface area contributed by atoms with Gasteiger partial charge in [0.15, 0.2) is 5.75 Å². The number of anilines is 1. The molecule has 0 bridgehead atoms. The summed E-state index contributed by atoms with van der Waals surface area (Å²) in [7, 11) is 0. The Morgan fingerprint density at radius 2 is 1.96 bits per heavy atom. The molecule has 7 nitrogen and oxygen atoms in total. The first-order chi connectivity index (χ1) is 13.6. The highest BCUT2D eigenvalue weighted by atomic mass is 79.9. The quantitative estimate of drug-likeness (QED) is 0.675. The highest BCUT2D eigenvalue weighted by molar-refractivity contribution is 9.10. The summed E-state index contributed by atoms with van der Waals surface area (Å²) in [6.45, 7) is 2.91. The second-order valence-corrected chi connectivity index (χ2v) is 7.86. The van der Waals surface area contributed by atoms with Crippen molar-refractivity contribution in [3.63, 3.8) is 0 Å². The standard InChI is InChI=1S/C19H18BrFN4O3/c20-11-1-2-14-12(7-11)19(10-27-9-15(22)24-19)13-8-16(23-18(21)17(13)28-14)25-3-5-26-6-4-25/h1-2,7-8H,3-6,9-10H2,(H2,22,24)/t19-/m0/s1. The van der Waals surface area contributed by atoms with Crippen molar-refractivity contribution in [1.82, 2.24) is 4.98 Å². The van der Waals surface area contributed by atoms with E-state index in [2.05, 4.69) is 20.9 Å². The first kappa shape index (κ1) is 17.8. The molecule has 1 aromatic carbocycles. The van der Waals surface area contributed by atoms with Crippen molar-refractivity contribution in [2.45, 2.75) is 5.54 Å². The third-order valence-electron chi connectivity index (χ3n) is 5.19. The highest BCUT2D eigenvalue weighted by Crippen LogP contribution is 2.52. The topological polar surface area (TPSA) is 82.2 Å². The van der Waals surface area contributed by atoms with Crippen LogP contribution in [0.25, 0.3) is 0 Å². The van der Waals surface area contributed by atoms with Gasteiger partial charge in [0.25, 0.3) is 5.95 Å². The molecule has 9 heteroatoms. The SMILES string of the molecule is NC1=N[C@@]2(COC1)c1cc(Br)ccc1Oc1c2cc(N2CCOCC2)nc1F. The molecule has 146 valence electrons. The van der Waals surface area contributed by atoms with E-state index in [4.69, 9.17) is 24.9 Å². The number of aromatic nitrogens is 1. The molecule has 1 aromatic heterocycles. The van der Waals surface area contributed by atoms with Crippen LogP contribution in [0.5, 0.6) is 11.5 Å². The maximum Gasteiger partial charge on any atom is 0.258 e. The average Bonchev–Trinajstić information content (AvgIpc) is 2.70. The second kappa shape index (κ2) is 6.68. The van der Waals surface area contributed by atoms with Crippen LogP contribution in [-0.2, 0) is 15.0 Å². The van der Waals surface area contributed by atoms with Gasteiger partial charge in [-0.05, 0) is 24.3 Å². The molecular formula is C19H18BrFN4O3. The van der Waals surface area contributed by atoms with Gasteiger partial charge in [-0.15, -0.1) is 0 Å². The van der Waals surface area contributed by atoms with E-state index in [1.807, 2.05) is 23.1 Å². The van der Waals surface area contributed by atoms with E-state index in [0.29, 0.717) is 49.3 Å². The Morgan fingerprint density at radius 1 is 1.14 bits per heavy atom. The van der Waals surface area contributed by atoms with E-state index >= 15 is 4.39 Å². The van der Waals surface area contributed by atoms with Crippen LogP contribution >= 0.6 is 15.9 Å². The van der Waals surface area contributed by atoms with Gasteiger partial charge in [0, 0.05) is 28.7 Å². The molecule has 0 aliphatic carbocycles. The number of morpholine rings is 1. The molecule has 0 amide bonds. The number of nitrogens with two attached hydrogens (primary N) is 1. The van der Waals surface area contributed by atoms with Gasteiger partial charge in [0.2, 0.25) is 0 Å². The van der Waals surface area contributed by atoms with Crippen molar-refractivity contribution in [1.29, 1.82) is 0 Å². The van der Waals surface area contributed by atoms with E-state index in [-0.39, 0.29) is 19.0 Å². The van der Waals surface area contributed by atoms with E-state index in [0.717, 1.165) is 10.0 Å². The molecule has 5 rings (SSSR count). The van der Waals surface area contributed by atoms with Gasteiger partial charge in [-0.25, -0.2) is 0 Å². The molecule has 3 aliphatic heterocycles. The molecule has 1 atom stereocenters. The summed E-state index contributed by atoms with van der Waals surface area (Å²) in [4.78, 5) is 10.9. The number of hydrogen-bond acceptors (Lipinski definition) is 7. The van der Waals surface area contributed by atoms with E-state index in [9.17, 15) is 0 Å². The van der Waals surface area contributed by atoms with Gasteiger partial charge in [-0.1, -0.05) is 15.9 Å². The fourth-order valence-corrected chi connectivity index (χ4v) is 4.27. The molecular weight excluding hydrogens is 431 g/mol. The number of rotatable bonds is 1. The minimum absolute atomic E-state index is 0.0638. The second-order valence-electron chi connectivity index (χ2n) is 6.95. The molecule has 2 N–H and O–H groups in total. The van der Waals surface area contributed by atoms with E-state index < -0.39 is 11.5 Å². The number of ether oxygens (including phenoxy) is 3. The van der Waals surface area contributed by atoms with Crippen LogP contribution in [0.15, 0.2) is 33.7 Å². The number of fused-ring (bicyclic) bond motifs is 4. The van der Waals surface area contributed by atoms with Crippen molar-refractivity contribution < 1.29 is 18.6 Å². The average molecular weight is 449 g/mol. The predicted molar refractivity (Wildman–Crippen MR) is 105 cm³/mol. The number of benzene rings is 1. The first-order valence-electron chi connectivity index (χ1n) is 9.00. The zero-order valence-electron chi connectivity index (χ0n) is 15.0. The minimum atomic E-state index is -0.986. The molecule has 1 fully saturated rings. The number of nitrogens with zero attached hydrogens (tertiary/aromatic N) is 3. The van der Waals surface area contributed by atoms with Crippen LogP contribution in [0.3, 0.4) is 0 Å². The van der Waals surface area contributed by atoms with Crippen molar-refractivity contribution in [3.8, 4) is 11.5 Å². The monoisotopic (exact) mass is 448 g/mol. The van der Waals surface area contributed by atoms with Crippen molar-refractivity contribution in [2.75, 3.05) is 44.4 Å². The Bertz CT molecular complexity index is 980. The first-order valence-corrected chi connectivity index (χ1v) is 9.80. The van der Waals surface area contributed by atoms with Gasteiger partial charge in [-0.2, -0.15) is 9.37 Å². The Hall–Kier alpha value is -2.23. The Morgan fingerprint density at radius 3 is 2.75 bits per heavy atom. The number of aliphatic imine (C=N–C) groups is 1. The summed E-state index contributed by atoms with van der Waals surface area (Å²) in [5.41, 5.74) is 6.40. The van der Waals surface area contributed by atoms with Crippen LogP contribution in [0.1, 0.15) is 11.1 Å². The number of amidine groups is 1. The summed E-state index contributed by atoms with van der Waals surface area (Å²) in [6.07, 6.45) is 0. The van der Waals surface area contributed by atoms with Gasteiger partial charge < -0.3 is 24.8 Å². The summed E-state index contributed by atoms with van der Waals surface area (Å²) in [5.74, 6) is 0.785. The lowest BCUT2D eigenvalue weighted by atomic mass is 9.81. The molecule has 0 radical (unpaired) electrons. The molecule has 3 aliphatic rings. The van der Waals surface area contributed by atoms with Gasteiger partial charge in [0.05, 0.1) is 19.8 Å². The molecule has 28 heavy (non-hydrogen) atoms. The molecule has 0 unspecified atom stereocenters. The maximum absolute atomic E-state index is 15.1. The number of pyridine rings is 1. The molecule has 0 saturated carbocycles.